The summed E-state index contributed by atoms with van der Waals surface area (Å²) >= 11 is 6.99. The van der Waals surface area contributed by atoms with Crippen LogP contribution < -0.4 is 16.0 Å². The number of aromatic nitrogens is 2. The molecule has 2 aromatic heterocycles. The summed E-state index contributed by atoms with van der Waals surface area (Å²) in [6.45, 7) is 2.91. The summed E-state index contributed by atoms with van der Waals surface area (Å²) in [5.74, 6) is -3.17. The van der Waals surface area contributed by atoms with E-state index in [0.717, 1.165) is 23.5 Å². The predicted octanol–water partition coefficient (Wildman–Crippen LogP) is 1.02. The Morgan fingerprint density at radius 3 is 2.71 bits per heavy atom. The number of hydrogen-bond acceptors (Lipinski definition) is 9. The van der Waals surface area contributed by atoms with Gasteiger partial charge in [-0.2, -0.15) is 0 Å². The van der Waals surface area contributed by atoms with Crippen molar-refractivity contribution in [1.29, 1.82) is 0 Å². The Hall–Kier alpha value is -2.80. The molecule has 1 aliphatic rings. The van der Waals surface area contributed by atoms with E-state index in [1.54, 1.807) is 6.92 Å². The van der Waals surface area contributed by atoms with Crippen LogP contribution in [-0.2, 0) is 32.1 Å². The molecule has 3 N–H and O–H groups in total. The van der Waals surface area contributed by atoms with Crippen LogP contribution in [-0.4, -0.2) is 71.3 Å². The van der Waals surface area contributed by atoms with Crippen LogP contribution in [0.2, 0.25) is 5.02 Å². The summed E-state index contributed by atoms with van der Waals surface area (Å²) in [5, 5.41) is 7.76. The average Bonchev–Trinajstić information content (AvgIpc) is 3.21. The highest BCUT2D eigenvalue weighted by Gasteiger charge is 2.27. The normalized spacial score (nSPS) is 13.6. The Morgan fingerprint density at radius 2 is 2.03 bits per heavy atom. The lowest BCUT2D eigenvalue weighted by atomic mass is 10.2. The Labute approximate surface area is 211 Å². The number of nitrogens with one attached hydrogen (secondary N) is 3. The number of hydrogen-bond donors (Lipinski definition) is 3. The van der Waals surface area contributed by atoms with Crippen molar-refractivity contribution in [2.75, 3.05) is 32.1 Å². The van der Waals surface area contributed by atoms with E-state index in [1.165, 1.54) is 29.7 Å². The number of likely N-dealkylation sites (N-methyl/N-ethyl adjacent to an activating group) is 1. The van der Waals surface area contributed by atoms with E-state index in [0.29, 0.717) is 11.6 Å². The van der Waals surface area contributed by atoms with Crippen LogP contribution in [0.3, 0.4) is 0 Å². The Balaban J connectivity index is 0.00000408. The van der Waals surface area contributed by atoms with Gasteiger partial charge in [-0.3, -0.25) is 14.4 Å². The number of rotatable bonds is 7. The predicted molar refractivity (Wildman–Crippen MR) is 128 cm³/mol. The topological polar surface area (TPSA) is 143 Å². The van der Waals surface area contributed by atoms with Crippen molar-refractivity contribution in [2.24, 2.45) is 0 Å². The standard InChI is InChI=1S/C20H23ClN6O5S.ClH/c1-3-32-20(31)13(9-23-16(28)17(29)26-15-5-4-11(21)8-22-15)24-18(30)19-25-12-6-7-27(2)10-14(12)33-19;/h4-5,8,13H,3,6-7,9-10H2,1-2H3,(H,23,28)(H,24,30)(H,22,26,29);1H/t13-;/m0./s1. The van der Waals surface area contributed by atoms with Crippen molar-refractivity contribution in [1.82, 2.24) is 25.5 Å². The lowest BCUT2D eigenvalue weighted by Crippen LogP contribution is -2.50. The smallest absolute Gasteiger partial charge is 0.330 e. The quantitative estimate of drug-likeness (QED) is 0.355. The second-order valence-electron chi connectivity index (χ2n) is 7.18. The molecule has 1 atom stereocenters. The summed E-state index contributed by atoms with van der Waals surface area (Å²) in [6, 6.07) is 1.73. The highest BCUT2D eigenvalue weighted by Crippen LogP contribution is 2.24. The van der Waals surface area contributed by atoms with E-state index in [9.17, 15) is 19.2 Å². The van der Waals surface area contributed by atoms with Crippen molar-refractivity contribution >= 4 is 64.9 Å². The molecule has 3 heterocycles. The van der Waals surface area contributed by atoms with E-state index < -0.39 is 29.7 Å². The number of amides is 3. The summed E-state index contributed by atoms with van der Waals surface area (Å²) in [6.07, 6.45) is 2.06. The number of nitrogens with zero attached hydrogens (tertiary/aromatic N) is 3. The Morgan fingerprint density at radius 1 is 1.26 bits per heavy atom. The van der Waals surface area contributed by atoms with Gasteiger partial charge in [0.2, 0.25) is 0 Å². The van der Waals surface area contributed by atoms with Gasteiger partial charge in [0.25, 0.3) is 5.91 Å². The molecule has 0 radical (unpaired) electrons. The molecule has 0 saturated heterocycles. The molecule has 0 fully saturated rings. The van der Waals surface area contributed by atoms with Crippen LogP contribution in [0, 0.1) is 0 Å². The molecule has 3 amide bonds. The van der Waals surface area contributed by atoms with Gasteiger partial charge >= 0.3 is 17.8 Å². The van der Waals surface area contributed by atoms with Crippen LogP contribution in [0.15, 0.2) is 18.3 Å². The number of halogens is 2. The molecule has 0 spiro atoms. The number of esters is 1. The first kappa shape index (κ1) is 27.4. The zero-order valence-corrected chi connectivity index (χ0v) is 20.8. The lowest BCUT2D eigenvalue weighted by molar-refractivity contribution is -0.145. The monoisotopic (exact) mass is 530 g/mol. The van der Waals surface area contributed by atoms with E-state index in [2.05, 4.69) is 30.8 Å². The average molecular weight is 531 g/mol. The zero-order valence-electron chi connectivity index (χ0n) is 18.4. The maximum Gasteiger partial charge on any atom is 0.330 e. The summed E-state index contributed by atoms with van der Waals surface area (Å²) in [5.41, 5.74) is 0.872. The molecular formula is C20H24Cl2N6O5S. The molecule has 14 heteroatoms. The minimum Gasteiger partial charge on any atom is -0.464 e. The molecule has 11 nitrogen and oxygen atoms in total. The highest BCUT2D eigenvalue weighted by molar-refractivity contribution is 7.13. The van der Waals surface area contributed by atoms with Crippen LogP contribution in [0.5, 0.6) is 0 Å². The van der Waals surface area contributed by atoms with Gasteiger partial charge in [0, 0.05) is 37.1 Å². The molecule has 0 unspecified atom stereocenters. The number of carbonyl (C=O) groups is 4. The highest BCUT2D eigenvalue weighted by atomic mass is 35.5. The van der Waals surface area contributed by atoms with Crippen LogP contribution in [0.1, 0.15) is 27.3 Å². The van der Waals surface area contributed by atoms with Gasteiger partial charge in [0.1, 0.15) is 11.9 Å². The molecule has 0 bridgehead atoms. The van der Waals surface area contributed by atoms with Gasteiger partial charge in [-0.05, 0) is 26.1 Å². The van der Waals surface area contributed by atoms with Gasteiger partial charge in [-0.1, -0.05) is 11.6 Å². The molecule has 34 heavy (non-hydrogen) atoms. The molecule has 0 aliphatic carbocycles. The van der Waals surface area contributed by atoms with Crippen molar-refractivity contribution in [3.63, 3.8) is 0 Å². The van der Waals surface area contributed by atoms with Crippen LogP contribution >= 0.6 is 35.3 Å². The third-order valence-electron chi connectivity index (χ3n) is 4.63. The van der Waals surface area contributed by atoms with Gasteiger partial charge in [-0.15, -0.1) is 23.7 Å². The third kappa shape index (κ3) is 7.35. The van der Waals surface area contributed by atoms with Crippen molar-refractivity contribution < 1.29 is 23.9 Å². The summed E-state index contributed by atoms with van der Waals surface area (Å²) in [4.78, 5) is 60.7. The van der Waals surface area contributed by atoms with Crippen molar-refractivity contribution in [2.45, 2.75) is 25.9 Å². The minimum atomic E-state index is -1.20. The largest absolute Gasteiger partial charge is 0.464 e. The van der Waals surface area contributed by atoms with Crippen LogP contribution in [0.25, 0.3) is 0 Å². The fraction of sp³-hybridized carbons (Fsp3) is 0.400. The van der Waals surface area contributed by atoms with Gasteiger partial charge in [-0.25, -0.2) is 14.8 Å². The van der Waals surface area contributed by atoms with E-state index >= 15 is 0 Å². The first-order valence-electron chi connectivity index (χ1n) is 10.1. The van der Waals surface area contributed by atoms with Gasteiger partial charge in [0.05, 0.1) is 17.3 Å². The molecule has 1 aliphatic heterocycles. The lowest BCUT2D eigenvalue weighted by Gasteiger charge is -2.20. The Kier molecular flexibility index (Phi) is 10.2. The molecule has 3 rings (SSSR count). The number of pyridine rings is 1. The number of thiazole rings is 1. The SMILES string of the molecule is CCOC(=O)[C@H](CNC(=O)C(=O)Nc1ccc(Cl)cn1)NC(=O)c1nc2c(s1)CN(C)CC2.Cl. The minimum absolute atomic E-state index is 0. The second kappa shape index (κ2) is 12.6. The number of ether oxygens (including phenoxy) is 1. The summed E-state index contributed by atoms with van der Waals surface area (Å²) < 4.78 is 4.98. The molecule has 184 valence electrons. The van der Waals surface area contributed by atoms with Crippen molar-refractivity contribution in [3.8, 4) is 0 Å². The number of carbonyl (C=O) groups excluding carboxylic acids is 4. The van der Waals surface area contributed by atoms with E-state index in [1.807, 2.05) is 7.05 Å². The molecule has 2 aromatic rings. The molecule has 0 saturated carbocycles. The first-order chi connectivity index (χ1) is 15.8. The fourth-order valence-corrected chi connectivity index (χ4v) is 4.18. The maximum atomic E-state index is 12.7. The number of fused-ring (bicyclic) bond motifs is 1. The van der Waals surface area contributed by atoms with E-state index in [4.69, 9.17) is 16.3 Å². The first-order valence-corrected chi connectivity index (χ1v) is 11.3. The zero-order chi connectivity index (χ0) is 24.0. The van der Waals surface area contributed by atoms with Gasteiger partial charge < -0.3 is 25.6 Å². The van der Waals surface area contributed by atoms with Gasteiger partial charge in [0.15, 0.2) is 5.01 Å². The summed E-state index contributed by atoms with van der Waals surface area (Å²) in [7, 11) is 1.99. The Bertz CT molecular complexity index is 1050. The van der Waals surface area contributed by atoms with E-state index in [-0.39, 0.29) is 36.4 Å². The maximum absolute atomic E-state index is 12.7. The fourth-order valence-electron chi connectivity index (χ4n) is 2.97. The third-order valence-corrected chi connectivity index (χ3v) is 5.94. The van der Waals surface area contributed by atoms with Crippen molar-refractivity contribution in [3.05, 3.63) is 38.9 Å². The molecular weight excluding hydrogens is 507 g/mol. The second-order valence-corrected chi connectivity index (χ2v) is 8.70. The van der Waals surface area contributed by atoms with Crippen LogP contribution in [0.4, 0.5) is 5.82 Å². The molecule has 0 aromatic carbocycles. The number of anilines is 1.